The summed E-state index contributed by atoms with van der Waals surface area (Å²) >= 11 is 0. The highest BCUT2D eigenvalue weighted by atomic mass is 16.5. The standard InChI is InChI=1S/C15H19N3O/c1-11-5-6-14-13(8-11)15(17-10-16-14)18-7-3-4-12(18)9-19-2/h5-6,8,10,12H,3-4,7,9H2,1-2H3. The molecule has 0 bridgehead atoms. The number of ether oxygens (including phenoxy) is 1. The minimum absolute atomic E-state index is 0.434. The van der Waals surface area contributed by atoms with Gasteiger partial charge in [0.15, 0.2) is 0 Å². The number of benzene rings is 1. The Morgan fingerprint density at radius 1 is 1.37 bits per heavy atom. The molecule has 1 saturated heterocycles. The molecule has 19 heavy (non-hydrogen) atoms. The van der Waals surface area contributed by atoms with E-state index >= 15 is 0 Å². The normalized spacial score (nSPS) is 19.3. The molecule has 1 aromatic carbocycles. The van der Waals surface area contributed by atoms with Gasteiger partial charge in [-0.15, -0.1) is 0 Å². The second-order valence-corrected chi connectivity index (χ2v) is 5.16. The molecule has 0 N–H and O–H groups in total. The van der Waals surface area contributed by atoms with E-state index in [-0.39, 0.29) is 0 Å². The number of fused-ring (bicyclic) bond motifs is 1. The molecule has 0 aliphatic carbocycles. The van der Waals surface area contributed by atoms with Crippen LogP contribution in [0.4, 0.5) is 5.82 Å². The van der Waals surface area contributed by atoms with Crippen molar-refractivity contribution in [1.82, 2.24) is 9.97 Å². The van der Waals surface area contributed by atoms with Gasteiger partial charge in [-0.3, -0.25) is 0 Å². The van der Waals surface area contributed by atoms with Crippen LogP contribution < -0.4 is 4.90 Å². The van der Waals surface area contributed by atoms with Crippen LogP contribution in [0, 0.1) is 6.92 Å². The highest BCUT2D eigenvalue weighted by molar-refractivity contribution is 5.90. The summed E-state index contributed by atoms with van der Waals surface area (Å²) in [5.41, 5.74) is 2.25. The molecule has 0 amide bonds. The van der Waals surface area contributed by atoms with Gasteiger partial charge in [0.1, 0.15) is 12.1 Å². The molecule has 2 heterocycles. The first-order valence-corrected chi connectivity index (χ1v) is 6.76. The largest absolute Gasteiger partial charge is 0.383 e. The van der Waals surface area contributed by atoms with Crippen molar-refractivity contribution in [3.05, 3.63) is 30.1 Å². The van der Waals surface area contributed by atoms with Gasteiger partial charge in [0.05, 0.1) is 18.2 Å². The average molecular weight is 257 g/mol. The third-order valence-corrected chi connectivity index (χ3v) is 3.78. The van der Waals surface area contributed by atoms with Crippen LogP contribution in [0.15, 0.2) is 24.5 Å². The number of hydrogen-bond acceptors (Lipinski definition) is 4. The zero-order chi connectivity index (χ0) is 13.2. The zero-order valence-corrected chi connectivity index (χ0v) is 11.5. The van der Waals surface area contributed by atoms with Gasteiger partial charge >= 0.3 is 0 Å². The molecule has 1 aliphatic rings. The van der Waals surface area contributed by atoms with Crippen LogP contribution in [0.2, 0.25) is 0 Å². The van der Waals surface area contributed by atoms with E-state index in [1.165, 1.54) is 18.4 Å². The van der Waals surface area contributed by atoms with Crippen molar-refractivity contribution in [2.45, 2.75) is 25.8 Å². The van der Waals surface area contributed by atoms with E-state index in [4.69, 9.17) is 4.74 Å². The highest BCUT2D eigenvalue weighted by Crippen LogP contribution is 2.30. The Bertz CT molecular complexity index is 585. The third-order valence-electron chi connectivity index (χ3n) is 3.78. The van der Waals surface area contributed by atoms with Gasteiger partial charge in [0, 0.05) is 19.0 Å². The Labute approximate surface area is 113 Å². The fraction of sp³-hybridized carbons (Fsp3) is 0.467. The lowest BCUT2D eigenvalue weighted by molar-refractivity contribution is 0.180. The molecule has 0 radical (unpaired) electrons. The Morgan fingerprint density at radius 2 is 2.26 bits per heavy atom. The smallest absolute Gasteiger partial charge is 0.140 e. The maximum Gasteiger partial charge on any atom is 0.140 e. The predicted molar refractivity (Wildman–Crippen MR) is 76.5 cm³/mol. The lowest BCUT2D eigenvalue weighted by Gasteiger charge is -2.26. The van der Waals surface area contributed by atoms with Gasteiger partial charge in [-0.2, -0.15) is 0 Å². The molecule has 1 atom stereocenters. The number of methoxy groups -OCH3 is 1. The van der Waals surface area contributed by atoms with E-state index in [0.717, 1.165) is 29.9 Å². The van der Waals surface area contributed by atoms with Gasteiger partial charge in [0.25, 0.3) is 0 Å². The van der Waals surface area contributed by atoms with Crippen LogP contribution in [0.5, 0.6) is 0 Å². The van der Waals surface area contributed by atoms with Crippen molar-refractivity contribution >= 4 is 16.7 Å². The SMILES string of the molecule is COCC1CCCN1c1ncnc2ccc(C)cc12. The topological polar surface area (TPSA) is 38.2 Å². The third kappa shape index (κ3) is 2.28. The Hall–Kier alpha value is -1.68. The Kier molecular flexibility index (Phi) is 3.34. The van der Waals surface area contributed by atoms with E-state index in [9.17, 15) is 0 Å². The average Bonchev–Trinajstić information content (AvgIpc) is 2.86. The minimum atomic E-state index is 0.434. The summed E-state index contributed by atoms with van der Waals surface area (Å²) in [7, 11) is 1.76. The monoisotopic (exact) mass is 257 g/mol. The summed E-state index contributed by atoms with van der Waals surface area (Å²) in [6.45, 7) is 3.91. The molecule has 1 unspecified atom stereocenters. The van der Waals surface area contributed by atoms with E-state index in [1.54, 1.807) is 13.4 Å². The van der Waals surface area contributed by atoms with E-state index in [0.29, 0.717) is 6.04 Å². The van der Waals surface area contributed by atoms with Crippen molar-refractivity contribution in [3.8, 4) is 0 Å². The number of anilines is 1. The van der Waals surface area contributed by atoms with Crippen LogP contribution in [-0.2, 0) is 4.74 Å². The highest BCUT2D eigenvalue weighted by Gasteiger charge is 2.26. The van der Waals surface area contributed by atoms with Crippen molar-refractivity contribution in [2.24, 2.45) is 0 Å². The van der Waals surface area contributed by atoms with E-state index in [2.05, 4.69) is 40.0 Å². The summed E-state index contributed by atoms with van der Waals surface area (Å²) < 4.78 is 5.33. The van der Waals surface area contributed by atoms with Crippen LogP contribution in [0.3, 0.4) is 0 Å². The number of aryl methyl sites for hydroxylation is 1. The maximum absolute atomic E-state index is 5.33. The van der Waals surface area contributed by atoms with Crippen LogP contribution in [-0.4, -0.2) is 36.3 Å². The quantitative estimate of drug-likeness (QED) is 0.847. The minimum Gasteiger partial charge on any atom is -0.383 e. The second kappa shape index (κ2) is 5.13. The second-order valence-electron chi connectivity index (χ2n) is 5.16. The molecule has 100 valence electrons. The maximum atomic E-state index is 5.33. The van der Waals surface area contributed by atoms with Crippen molar-refractivity contribution in [2.75, 3.05) is 25.2 Å². The molecular weight excluding hydrogens is 238 g/mol. The van der Waals surface area contributed by atoms with Crippen molar-refractivity contribution in [3.63, 3.8) is 0 Å². The first kappa shape index (κ1) is 12.4. The fourth-order valence-corrected chi connectivity index (χ4v) is 2.87. The van der Waals surface area contributed by atoms with Crippen LogP contribution in [0.25, 0.3) is 10.9 Å². The molecule has 2 aromatic rings. The predicted octanol–water partition coefficient (Wildman–Crippen LogP) is 2.55. The summed E-state index contributed by atoms with van der Waals surface area (Å²) in [5.74, 6) is 1.05. The Morgan fingerprint density at radius 3 is 3.11 bits per heavy atom. The summed E-state index contributed by atoms with van der Waals surface area (Å²) in [6.07, 6.45) is 4.03. The molecule has 1 aromatic heterocycles. The Balaban J connectivity index is 2.06. The fourth-order valence-electron chi connectivity index (χ4n) is 2.87. The summed E-state index contributed by atoms with van der Waals surface area (Å²) in [5, 5.41) is 1.14. The summed E-state index contributed by atoms with van der Waals surface area (Å²) in [4.78, 5) is 11.2. The van der Waals surface area contributed by atoms with Gasteiger partial charge < -0.3 is 9.64 Å². The first-order valence-electron chi connectivity index (χ1n) is 6.76. The van der Waals surface area contributed by atoms with Crippen LogP contribution in [0.1, 0.15) is 18.4 Å². The molecule has 4 nitrogen and oxygen atoms in total. The number of rotatable bonds is 3. The molecule has 0 saturated carbocycles. The molecule has 4 heteroatoms. The van der Waals surface area contributed by atoms with Gasteiger partial charge in [-0.05, 0) is 31.9 Å². The van der Waals surface area contributed by atoms with Gasteiger partial charge in [0.2, 0.25) is 0 Å². The van der Waals surface area contributed by atoms with Crippen molar-refractivity contribution < 1.29 is 4.74 Å². The lowest BCUT2D eigenvalue weighted by atomic mass is 10.1. The number of aromatic nitrogens is 2. The molecule has 1 fully saturated rings. The van der Waals surface area contributed by atoms with Crippen molar-refractivity contribution in [1.29, 1.82) is 0 Å². The lowest BCUT2D eigenvalue weighted by Crippen LogP contribution is -2.33. The molecule has 1 aliphatic heterocycles. The van der Waals surface area contributed by atoms with Gasteiger partial charge in [-0.1, -0.05) is 11.6 Å². The van der Waals surface area contributed by atoms with Gasteiger partial charge in [-0.25, -0.2) is 9.97 Å². The molecule has 0 spiro atoms. The van der Waals surface area contributed by atoms with E-state index < -0.39 is 0 Å². The molecular formula is C15H19N3O. The molecule has 3 rings (SSSR count). The van der Waals surface area contributed by atoms with E-state index in [1.807, 2.05) is 0 Å². The number of nitrogens with zero attached hydrogens (tertiary/aromatic N) is 3. The first-order chi connectivity index (χ1) is 9.29. The number of hydrogen-bond donors (Lipinski definition) is 0. The van der Waals surface area contributed by atoms with Crippen LogP contribution >= 0.6 is 0 Å². The summed E-state index contributed by atoms with van der Waals surface area (Å²) in [6, 6.07) is 6.77. The zero-order valence-electron chi connectivity index (χ0n) is 11.5.